The minimum Gasteiger partial charge on any atom is -0.395 e. The number of nitrogen functional groups attached to an aromatic ring is 1. The number of nitrogens with two attached hydrogens (primary N) is 1. The van der Waals surface area contributed by atoms with Crippen LogP contribution in [0, 0.1) is 0 Å². The van der Waals surface area contributed by atoms with Crippen LogP contribution in [0.2, 0.25) is 0 Å². The normalized spacial score (nSPS) is 20.1. The van der Waals surface area contributed by atoms with Crippen molar-refractivity contribution in [3.63, 3.8) is 0 Å². The average molecular weight is 196 g/mol. The first-order valence-electron chi connectivity index (χ1n) is 4.85. The lowest BCUT2D eigenvalue weighted by Crippen LogP contribution is -2.43. The molecule has 2 rings (SSSR count). The Morgan fingerprint density at radius 3 is 2.71 bits per heavy atom. The van der Waals surface area contributed by atoms with Crippen LogP contribution >= 0.6 is 0 Å². The van der Waals surface area contributed by atoms with E-state index in [0.29, 0.717) is 5.69 Å². The molecule has 2 heterocycles. The van der Waals surface area contributed by atoms with Crippen LogP contribution in [0.4, 0.5) is 5.69 Å². The van der Waals surface area contributed by atoms with Crippen molar-refractivity contribution in [2.24, 2.45) is 0 Å². The molecular weight excluding hydrogens is 180 g/mol. The number of aromatic nitrogens is 1. The summed E-state index contributed by atoms with van der Waals surface area (Å²) in [4.78, 5) is 4.65. The lowest BCUT2D eigenvalue weighted by atomic mass is 10.3. The van der Waals surface area contributed by atoms with Gasteiger partial charge in [0, 0.05) is 26.2 Å². The van der Waals surface area contributed by atoms with E-state index in [1.807, 2.05) is 0 Å². The molecule has 0 bridgehead atoms. The third-order valence-corrected chi connectivity index (χ3v) is 2.64. The highest BCUT2D eigenvalue weighted by atomic mass is 16.5. The highest BCUT2D eigenvalue weighted by molar-refractivity contribution is 5.37. The summed E-state index contributed by atoms with van der Waals surface area (Å²) in [6.07, 6.45) is 1.56. The summed E-state index contributed by atoms with van der Waals surface area (Å²) >= 11 is 0. The minimum absolute atomic E-state index is 0.656. The van der Waals surface area contributed by atoms with E-state index in [4.69, 9.17) is 10.3 Å². The second-order valence-electron chi connectivity index (χ2n) is 3.78. The fraction of sp³-hybridized carbons (Fsp3) is 0.667. The van der Waals surface area contributed by atoms with E-state index < -0.39 is 0 Å². The summed E-state index contributed by atoms with van der Waals surface area (Å²) < 4.78 is 5.06. The maximum absolute atomic E-state index is 5.69. The molecule has 0 amide bonds. The summed E-state index contributed by atoms with van der Waals surface area (Å²) in [5, 5.41) is 3.67. The van der Waals surface area contributed by atoms with Crippen molar-refractivity contribution >= 4 is 5.69 Å². The number of hydrogen-bond acceptors (Lipinski definition) is 5. The number of rotatable bonds is 2. The van der Waals surface area contributed by atoms with Gasteiger partial charge in [-0.05, 0) is 7.05 Å². The van der Waals surface area contributed by atoms with E-state index in [9.17, 15) is 0 Å². The summed E-state index contributed by atoms with van der Waals surface area (Å²) in [5.74, 6) is 0.787. The second-order valence-corrected chi connectivity index (χ2v) is 3.78. The maximum atomic E-state index is 5.69. The fourth-order valence-corrected chi connectivity index (χ4v) is 1.60. The molecule has 14 heavy (non-hydrogen) atoms. The number of anilines is 1. The Kier molecular flexibility index (Phi) is 2.69. The summed E-state index contributed by atoms with van der Waals surface area (Å²) in [7, 11) is 2.14. The minimum atomic E-state index is 0.656. The lowest BCUT2D eigenvalue weighted by Gasteiger charge is -2.31. The number of hydrogen-bond donors (Lipinski definition) is 1. The molecule has 0 spiro atoms. The van der Waals surface area contributed by atoms with Gasteiger partial charge >= 0.3 is 0 Å². The maximum Gasteiger partial charge on any atom is 0.173 e. The molecule has 0 saturated carbocycles. The fourth-order valence-electron chi connectivity index (χ4n) is 1.60. The van der Waals surface area contributed by atoms with Gasteiger partial charge in [0.15, 0.2) is 5.76 Å². The lowest BCUT2D eigenvalue weighted by molar-refractivity contribution is 0.137. The molecular formula is C9H16N4O. The van der Waals surface area contributed by atoms with Gasteiger partial charge in [0.25, 0.3) is 0 Å². The van der Waals surface area contributed by atoms with Gasteiger partial charge in [-0.3, -0.25) is 4.90 Å². The molecule has 1 saturated heterocycles. The second kappa shape index (κ2) is 3.98. The SMILES string of the molecule is CN1CCN(Cc2oncc2N)CC1. The van der Waals surface area contributed by atoms with Gasteiger partial charge in [-0.15, -0.1) is 0 Å². The van der Waals surface area contributed by atoms with E-state index in [0.717, 1.165) is 38.5 Å². The first kappa shape index (κ1) is 9.48. The zero-order valence-corrected chi connectivity index (χ0v) is 8.44. The van der Waals surface area contributed by atoms with Crippen molar-refractivity contribution in [3.8, 4) is 0 Å². The molecule has 0 radical (unpaired) electrons. The predicted octanol–water partition coefficient (Wildman–Crippen LogP) is 0.00420. The van der Waals surface area contributed by atoms with Crippen molar-refractivity contribution in [2.75, 3.05) is 39.0 Å². The highest BCUT2D eigenvalue weighted by Crippen LogP contribution is 2.13. The zero-order valence-electron chi connectivity index (χ0n) is 8.44. The Balaban J connectivity index is 1.89. The summed E-state index contributed by atoms with van der Waals surface area (Å²) in [6.45, 7) is 5.12. The van der Waals surface area contributed by atoms with Gasteiger partial charge in [0.2, 0.25) is 0 Å². The topological polar surface area (TPSA) is 58.5 Å². The van der Waals surface area contributed by atoms with Crippen molar-refractivity contribution < 1.29 is 4.52 Å². The van der Waals surface area contributed by atoms with Gasteiger partial charge in [-0.25, -0.2) is 0 Å². The number of likely N-dealkylation sites (N-methyl/N-ethyl adjacent to an activating group) is 1. The van der Waals surface area contributed by atoms with Crippen LogP contribution in [-0.4, -0.2) is 48.2 Å². The Hall–Kier alpha value is -1.07. The van der Waals surface area contributed by atoms with Crippen LogP contribution < -0.4 is 5.73 Å². The third-order valence-electron chi connectivity index (χ3n) is 2.64. The Morgan fingerprint density at radius 1 is 1.43 bits per heavy atom. The monoisotopic (exact) mass is 196 g/mol. The van der Waals surface area contributed by atoms with Crippen LogP contribution in [0.15, 0.2) is 10.7 Å². The Labute approximate surface area is 83.4 Å². The predicted molar refractivity (Wildman–Crippen MR) is 53.7 cm³/mol. The van der Waals surface area contributed by atoms with Crippen LogP contribution in [0.1, 0.15) is 5.76 Å². The molecule has 0 atom stereocenters. The van der Waals surface area contributed by atoms with Gasteiger partial charge in [0.1, 0.15) is 0 Å². The van der Waals surface area contributed by atoms with Crippen molar-refractivity contribution in [3.05, 3.63) is 12.0 Å². The quantitative estimate of drug-likeness (QED) is 0.721. The molecule has 0 unspecified atom stereocenters. The molecule has 0 aliphatic carbocycles. The van der Waals surface area contributed by atoms with Crippen LogP contribution in [-0.2, 0) is 6.54 Å². The summed E-state index contributed by atoms with van der Waals surface area (Å²) in [5.41, 5.74) is 6.35. The Bertz CT molecular complexity index is 291. The van der Waals surface area contributed by atoms with E-state index >= 15 is 0 Å². The molecule has 1 aliphatic heterocycles. The van der Waals surface area contributed by atoms with E-state index in [1.165, 1.54) is 0 Å². The molecule has 1 fully saturated rings. The van der Waals surface area contributed by atoms with Gasteiger partial charge in [-0.1, -0.05) is 5.16 Å². The molecule has 78 valence electrons. The van der Waals surface area contributed by atoms with Crippen LogP contribution in [0.3, 0.4) is 0 Å². The first-order valence-corrected chi connectivity index (χ1v) is 4.85. The Morgan fingerprint density at radius 2 is 2.14 bits per heavy atom. The average Bonchev–Trinajstić information content (AvgIpc) is 2.56. The molecule has 1 aromatic rings. The zero-order chi connectivity index (χ0) is 9.97. The van der Waals surface area contributed by atoms with Crippen LogP contribution in [0.25, 0.3) is 0 Å². The van der Waals surface area contributed by atoms with E-state index in [-0.39, 0.29) is 0 Å². The number of piperazine rings is 1. The summed E-state index contributed by atoms with van der Waals surface area (Å²) in [6, 6.07) is 0. The van der Waals surface area contributed by atoms with Gasteiger partial charge < -0.3 is 15.2 Å². The van der Waals surface area contributed by atoms with Gasteiger partial charge in [0.05, 0.1) is 18.4 Å². The molecule has 2 N–H and O–H groups in total. The first-order chi connectivity index (χ1) is 6.75. The van der Waals surface area contributed by atoms with Crippen molar-refractivity contribution in [1.82, 2.24) is 15.0 Å². The molecule has 1 aromatic heterocycles. The standard InChI is InChI=1S/C9H16N4O/c1-12-2-4-13(5-3-12)7-9-8(10)6-11-14-9/h6H,2-5,7,10H2,1H3. The van der Waals surface area contributed by atoms with Crippen LogP contribution in [0.5, 0.6) is 0 Å². The molecule has 5 heteroatoms. The molecule has 1 aliphatic rings. The third kappa shape index (κ3) is 2.05. The van der Waals surface area contributed by atoms with Gasteiger partial charge in [-0.2, -0.15) is 0 Å². The van der Waals surface area contributed by atoms with Crippen molar-refractivity contribution in [2.45, 2.75) is 6.54 Å². The highest BCUT2D eigenvalue weighted by Gasteiger charge is 2.16. The largest absolute Gasteiger partial charge is 0.395 e. The number of nitrogens with zero attached hydrogens (tertiary/aromatic N) is 3. The molecule has 5 nitrogen and oxygen atoms in total. The molecule has 0 aromatic carbocycles. The smallest absolute Gasteiger partial charge is 0.173 e. The van der Waals surface area contributed by atoms with E-state index in [2.05, 4.69) is 22.0 Å². The van der Waals surface area contributed by atoms with E-state index in [1.54, 1.807) is 6.20 Å². The van der Waals surface area contributed by atoms with Crippen molar-refractivity contribution in [1.29, 1.82) is 0 Å².